The number of benzene rings is 1. The Labute approximate surface area is 143 Å². The average molecular weight is 353 g/mol. The smallest absolute Gasteiger partial charge is 0.263 e. The van der Waals surface area contributed by atoms with Crippen molar-refractivity contribution in [1.29, 1.82) is 0 Å². The quantitative estimate of drug-likeness (QED) is 0.555. The largest absolute Gasteiger partial charge is 0.263 e. The topological polar surface area (TPSA) is 59.1 Å². The highest BCUT2D eigenvalue weighted by Gasteiger charge is 2.14. The maximum Gasteiger partial charge on any atom is 0.263 e. The van der Waals surface area contributed by atoms with Crippen LogP contribution < -0.4 is 4.72 Å². The van der Waals surface area contributed by atoms with E-state index in [9.17, 15) is 8.42 Å². The first kappa shape index (κ1) is 17.8. The zero-order valence-corrected chi connectivity index (χ0v) is 14.7. The van der Waals surface area contributed by atoms with E-state index in [2.05, 4.69) is 16.6 Å². The van der Waals surface area contributed by atoms with E-state index in [1.807, 2.05) is 12.1 Å². The normalized spacial score (nSPS) is 11.4. The SMILES string of the molecule is CCCCCCc1ccc(S(=O)(=O)Nc2cccc(Cl)n2)cc1. The molecule has 6 heteroatoms. The number of sulfonamides is 1. The Morgan fingerprint density at radius 3 is 2.43 bits per heavy atom. The Hall–Kier alpha value is -1.59. The number of nitrogens with zero attached hydrogens (tertiary/aromatic N) is 1. The highest BCUT2D eigenvalue weighted by Crippen LogP contribution is 2.17. The summed E-state index contributed by atoms with van der Waals surface area (Å²) in [6, 6.07) is 11.8. The van der Waals surface area contributed by atoms with Gasteiger partial charge in [0.05, 0.1) is 4.90 Å². The third kappa shape index (κ3) is 5.52. The molecule has 0 aliphatic rings. The van der Waals surface area contributed by atoms with Crippen molar-refractivity contribution in [3.05, 3.63) is 53.2 Å². The van der Waals surface area contributed by atoms with Gasteiger partial charge in [-0.3, -0.25) is 4.72 Å². The van der Waals surface area contributed by atoms with Crippen LogP contribution in [0.3, 0.4) is 0 Å². The van der Waals surface area contributed by atoms with Crippen molar-refractivity contribution < 1.29 is 8.42 Å². The molecular formula is C17H21ClN2O2S. The van der Waals surface area contributed by atoms with Crippen LogP contribution >= 0.6 is 11.6 Å². The summed E-state index contributed by atoms with van der Waals surface area (Å²) in [5.74, 6) is 0.209. The predicted octanol–water partition coefficient (Wildman–Crippen LogP) is 4.66. The summed E-state index contributed by atoms with van der Waals surface area (Å²) in [7, 11) is -3.65. The van der Waals surface area contributed by atoms with Crippen molar-refractivity contribution in [2.45, 2.75) is 43.9 Å². The van der Waals surface area contributed by atoms with Gasteiger partial charge in [-0.1, -0.05) is 56.0 Å². The van der Waals surface area contributed by atoms with Gasteiger partial charge in [0.25, 0.3) is 10.0 Å². The molecule has 0 bridgehead atoms. The first-order valence-electron chi connectivity index (χ1n) is 7.75. The van der Waals surface area contributed by atoms with Crippen molar-refractivity contribution in [2.75, 3.05) is 4.72 Å². The van der Waals surface area contributed by atoms with Crippen LogP contribution in [0.5, 0.6) is 0 Å². The maximum absolute atomic E-state index is 12.3. The minimum absolute atomic E-state index is 0.209. The van der Waals surface area contributed by atoms with Crippen LogP contribution in [0, 0.1) is 0 Å². The van der Waals surface area contributed by atoms with Gasteiger partial charge < -0.3 is 0 Å². The number of aromatic nitrogens is 1. The molecule has 0 amide bonds. The first-order chi connectivity index (χ1) is 11.0. The molecule has 0 spiro atoms. The predicted molar refractivity (Wildman–Crippen MR) is 94.3 cm³/mol. The molecule has 1 heterocycles. The third-order valence-electron chi connectivity index (χ3n) is 3.51. The molecule has 1 N–H and O–H groups in total. The standard InChI is InChI=1S/C17H21ClN2O2S/c1-2-3-4-5-7-14-10-12-15(13-11-14)23(21,22)20-17-9-6-8-16(18)19-17/h6,8-13H,2-5,7H2,1H3,(H,19,20). The highest BCUT2D eigenvalue weighted by atomic mass is 35.5. The Balaban J connectivity index is 2.02. The number of pyridine rings is 1. The van der Waals surface area contributed by atoms with Gasteiger partial charge in [-0.15, -0.1) is 0 Å². The lowest BCUT2D eigenvalue weighted by Crippen LogP contribution is -2.13. The summed E-state index contributed by atoms with van der Waals surface area (Å²) in [6.07, 6.45) is 5.76. The van der Waals surface area contributed by atoms with Crippen molar-refractivity contribution in [3.8, 4) is 0 Å². The molecule has 2 rings (SSSR count). The summed E-state index contributed by atoms with van der Waals surface area (Å²) < 4.78 is 27.1. The van der Waals surface area contributed by atoms with Crippen LogP contribution in [-0.4, -0.2) is 13.4 Å². The monoisotopic (exact) mass is 352 g/mol. The fraction of sp³-hybridized carbons (Fsp3) is 0.353. The number of anilines is 1. The zero-order chi connectivity index (χ0) is 16.7. The van der Waals surface area contributed by atoms with Gasteiger partial charge in [0.1, 0.15) is 11.0 Å². The second-order valence-electron chi connectivity index (χ2n) is 5.41. The molecule has 0 radical (unpaired) electrons. The van der Waals surface area contributed by atoms with Crippen LogP contribution in [0.1, 0.15) is 38.2 Å². The van der Waals surface area contributed by atoms with Gasteiger partial charge in [0.2, 0.25) is 0 Å². The Morgan fingerprint density at radius 2 is 1.78 bits per heavy atom. The van der Waals surface area contributed by atoms with Gasteiger partial charge in [-0.05, 0) is 42.7 Å². The lowest BCUT2D eigenvalue weighted by molar-refractivity contribution is 0.601. The van der Waals surface area contributed by atoms with E-state index in [1.54, 1.807) is 30.3 Å². The van der Waals surface area contributed by atoms with Gasteiger partial charge in [-0.25, -0.2) is 13.4 Å². The Bertz CT molecular complexity index is 731. The molecule has 1 aromatic carbocycles. The second-order valence-corrected chi connectivity index (χ2v) is 7.48. The summed E-state index contributed by atoms with van der Waals surface area (Å²) in [6.45, 7) is 2.18. The zero-order valence-electron chi connectivity index (χ0n) is 13.1. The van der Waals surface area contributed by atoms with Crippen molar-refractivity contribution in [3.63, 3.8) is 0 Å². The molecule has 0 atom stereocenters. The minimum atomic E-state index is -3.65. The molecular weight excluding hydrogens is 332 g/mol. The number of hydrogen-bond donors (Lipinski definition) is 1. The van der Waals surface area contributed by atoms with Crippen LogP contribution in [0.25, 0.3) is 0 Å². The maximum atomic E-state index is 12.3. The van der Waals surface area contributed by atoms with Gasteiger partial charge in [0.15, 0.2) is 0 Å². The van der Waals surface area contributed by atoms with E-state index in [-0.39, 0.29) is 15.9 Å². The first-order valence-corrected chi connectivity index (χ1v) is 9.61. The third-order valence-corrected chi connectivity index (χ3v) is 5.09. The van der Waals surface area contributed by atoms with E-state index in [0.29, 0.717) is 0 Å². The summed E-state index contributed by atoms with van der Waals surface area (Å²) in [4.78, 5) is 4.15. The van der Waals surface area contributed by atoms with E-state index >= 15 is 0 Å². The summed E-state index contributed by atoms with van der Waals surface area (Å²) >= 11 is 5.77. The number of aryl methyl sites for hydroxylation is 1. The van der Waals surface area contributed by atoms with Crippen LogP contribution in [0.15, 0.2) is 47.4 Å². The van der Waals surface area contributed by atoms with Crippen LogP contribution in [-0.2, 0) is 16.4 Å². The fourth-order valence-electron chi connectivity index (χ4n) is 2.25. The van der Waals surface area contributed by atoms with Crippen LogP contribution in [0.4, 0.5) is 5.82 Å². The van der Waals surface area contributed by atoms with Gasteiger partial charge in [-0.2, -0.15) is 0 Å². The molecule has 2 aromatic rings. The van der Waals surface area contributed by atoms with Gasteiger partial charge >= 0.3 is 0 Å². The van der Waals surface area contributed by atoms with E-state index in [0.717, 1.165) is 18.4 Å². The molecule has 0 aliphatic carbocycles. The molecule has 124 valence electrons. The lowest BCUT2D eigenvalue weighted by atomic mass is 10.1. The number of hydrogen-bond acceptors (Lipinski definition) is 3. The molecule has 1 aromatic heterocycles. The van der Waals surface area contributed by atoms with Gasteiger partial charge in [0, 0.05) is 0 Å². The van der Waals surface area contributed by atoms with E-state index in [1.165, 1.54) is 19.3 Å². The molecule has 4 nitrogen and oxygen atoms in total. The van der Waals surface area contributed by atoms with Crippen molar-refractivity contribution in [1.82, 2.24) is 4.98 Å². The fourth-order valence-corrected chi connectivity index (χ4v) is 3.42. The van der Waals surface area contributed by atoms with E-state index in [4.69, 9.17) is 11.6 Å². The van der Waals surface area contributed by atoms with E-state index < -0.39 is 10.0 Å². The summed E-state index contributed by atoms with van der Waals surface area (Å²) in [5, 5.41) is 0.243. The average Bonchev–Trinajstić information content (AvgIpc) is 2.52. The molecule has 0 aliphatic heterocycles. The van der Waals surface area contributed by atoms with Crippen LogP contribution in [0.2, 0.25) is 5.15 Å². The van der Waals surface area contributed by atoms with Crippen molar-refractivity contribution in [2.24, 2.45) is 0 Å². The highest BCUT2D eigenvalue weighted by molar-refractivity contribution is 7.92. The number of halogens is 1. The Morgan fingerprint density at radius 1 is 1.04 bits per heavy atom. The number of nitrogens with one attached hydrogen (secondary N) is 1. The number of unbranched alkanes of at least 4 members (excludes halogenated alkanes) is 3. The lowest BCUT2D eigenvalue weighted by Gasteiger charge is -2.08. The molecule has 23 heavy (non-hydrogen) atoms. The Kier molecular flexibility index (Phi) is 6.42. The van der Waals surface area contributed by atoms with Crippen molar-refractivity contribution >= 4 is 27.4 Å². The number of rotatable bonds is 8. The minimum Gasteiger partial charge on any atom is -0.263 e. The molecule has 0 fully saturated rings. The second kappa shape index (κ2) is 8.31. The molecule has 0 unspecified atom stereocenters. The summed E-state index contributed by atoms with van der Waals surface area (Å²) in [5.41, 5.74) is 1.15. The molecule has 0 saturated heterocycles. The molecule has 0 saturated carbocycles.